The molecule has 0 radical (unpaired) electrons. The SMILES string of the molecule is [NH3+]C[C@H](c1c(F)cccc1Cl)S(=O)(=O)c1ccc(Cl)cc1. The highest BCUT2D eigenvalue weighted by molar-refractivity contribution is 7.91. The zero-order valence-electron chi connectivity index (χ0n) is 10.9. The summed E-state index contributed by atoms with van der Waals surface area (Å²) in [5, 5.41) is -0.655. The third kappa shape index (κ3) is 3.21. The van der Waals surface area contributed by atoms with Gasteiger partial charge in [0.25, 0.3) is 0 Å². The lowest BCUT2D eigenvalue weighted by Gasteiger charge is -2.16. The molecular formula is C14H13Cl2FNO2S+. The van der Waals surface area contributed by atoms with Gasteiger partial charge in [-0.3, -0.25) is 0 Å². The summed E-state index contributed by atoms with van der Waals surface area (Å²) in [6, 6.07) is 9.77. The van der Waals surface area contributed by atoms with E-state index in [2.05, 4.69) is 5.73 Å². The molecule has 0 spiro atoms. The van der Waals surface area contributed by atoms with Gasteiger partial charge in [-0.05, 0) is 36.4 Å². The van der Waals surface area contributed by atoms with E-state index in [4.69, 9.17) is 23.2 Å². The maximum atomic E-state index is 14.0. The van der Waals surface area contributed by atoms with E-state index in [1.165, 1.54) is 42.5 Å². The minimum atomic E-state index is -3.81. The molecule has 112 valence electrons. The lowest BCUT2D eigenvalue weighted by atomic mass is 10.1. The van der Waals surface area contributed by atoms with Crippen molar-refractivity contribution in [3.05, 3.63) is 63.9 Å². The Labute approximate surface area is 132 Å². The first-order valence-corrected chi connectivity index (χ1v) is 8.40. The quantitative estimate of drug-likeness (QED) is 0.923. The molecule has 0 heterocycles. The van der Waals surface area contributed by atoms with E-state index in [1.807, 2.05) is 0 Å². The van der Waals surface area contributed by atoms with Gasteiger partial charge in [-0.15, -0.1) is 0 Å². The molecule has 0 aliphatic rings. The molecule has 1 atom stereocenters. The van der Waals surface area contributed by atoms with Gasteiger partial charge >= 0.3 is 0 Å². The zero-order valence-corrected chi connectivity index (χ0v) is 13.2. The van der Waals surface area contributed by atoms with E-state index in [1.54, 1.807) is 0 Å². The minimum Gasteiger partial charge on any atom is -0.356 e. The number of halogens is 3. The van der Waals surface area contributed by atoms with Crippen molar-refractivity contribution in [3.63, 3.8) is 0 Å². The molecule has 3 N–H and O–H groups in total. The molecule has 0 fully saturated rings. The highest BCUT2D eigenvalue weighted by Crippen LogP contribution is 2.34. The maximum absolute atomic E-state index is 14.0. The number of rotatable bonds is 4. The van der Waals surface area contributed by atoms with E-state index < -0.39 is 20.9 Å². The van der Waals surface area contributed by atoms with Gasteiger partial charge in [0.2, 0.25) is 0 Å². The van der Waals surface area contributed by atoms with Crippen molar-refractivity contribution in [2.75, 3.05) is 6.54 Å². The topological polar surface area (TPSA) is 61.8 Å². The van der Waals surface area contributed by atoms with Crippen LogP contribution >= 0.6 is 23.2 Å². The predicted octanol–water partition coefficient (Wildman–Crippen LogP) is 2.89. The Morgan fingerprint density at radius 1 is 1.10 bits per heavy atom. The number of sulfone groups is 1. The normalized spacial score (nSPS) is 13.1. The number of hydrogen-bond acceptors (Lipinski definition) is 2. The Bertz CT molecular complexity index is 728. The van der Waals surface area contributed by atoms with E-state index in [0.717, 1.165) is 0 Å². The molecule has 2 rings (SSSR count). The number of hydrogen-bond donors (Lipinski definition) is 1. The average molecular weight is 349 g/mol. The second-order valence-electron chi connectivity index (χ2n) is 4.41. The smallest absolute Gasteiger partial charge is 0.191 e. The molecule has 2 aromatic carbocycles. The summed E-state index contributed by atoms with van der Waals surface area (Å²) < 4.78 is 39.3. The maximum Gasteiger partial charge on any atom is 0.191 e. The van der Waals surface area contributed by atoms with E-state index in [9.17, 15) is 12.8 Å². The van der Waals surface area contributed by atoms with Gasteiger partial charge in [-0.25, -0.2) is 12.8 Å². The van der Waals surface area contributed by atoms with Crippen LogP contribution in [0.2, 0.25) is 10.0 Å². The summed E-state index contributed by atoms with van der Waals surface area (Å²) in [7, 11) is -3.81. The first-order chi connectivity index (χ1) is 9.87. The summed E-state index contributed by atoms with van der Waals surface area (Å²) in [5.41, 5.74) is 3.57. The lowest BCUT2D eigenvalue weighted by molar-refractivity contribution is -0.367. The van der Waals surface area contributed by atoms with Gasteiger partial charge in [0.1, 0.15) is 11.1 Å². The Morgan fingerprint density at radius 3 is 2.24 bits per heavy atom. The molecule has 0 saturated carbocycles. The van der Waals surface area contributed by atoms with Crippen LogP contribution in [0.15, 0.2) is 47.4 Å². The first kappa shape index (κ1) is 16.2. The zero-order chi connectivity index (χ0) is 15.6. The summed E-state index contributed by atoms with van der Waals surface area (Å²) in [6.07, 6.45) is 0. The van der Waals surface area contributed by atoms with E-state index in [-0.39, 0.29) is 22.0 Å². The average Bonchev–Trinajstić information content (AvgIpc) is 2.43. The second kappa shape index (κ2) is 6.32. The third-order valence-electron chi connectivity index (χ3n) is 3.10. The molecule has 3 nitrogen and oxygen atoms in total. The fourth-order valence-electron chi connectivity index (χ4n) is 2.06. The second-order valence-corrected chi connectivity index (χ2v) is 7.39. The molecule has 0 unspecified atom stereocenters. The van der Waals surface area contributed by atoms with Gasteiger partial charge in [-0.1, -0.05) is 29.3 Å². The summed E-state index contributed by atoms with van der Waals surface area (Å²) >= 11 is 11.7. The standard InChI is InChI=1S/C14H12Cl2FNO2S/c15-9-4-6-10(7-5-9)21(19,20)13(8-18)14-11(16)2-1-3-12(14)17/h1-7,13H,8,18H2/p+1/t13-/m1/s1. The minimum absolute atomic E-state index is 0.0361. The summed E-state index contributed by atoms with van der Waals surface area (Å²) in [6.45, 7) is -0.0361. The molecular weight excluding hydrogens is 336 g/mol. The van der Waals surface area contributed by atoms with Crippen molar-refractivity contribution in [1.82, 2.24) is 0 Å². The Balaban J connectivity index is 2.57. The molecule has 0 aliphatic heterocycles. The van der Waals surface area contributed by atoms with Gasteiger partial charge in [-0.2, -0.15) is 0 Å². The van der Waals surface area contributed by atoms with Gasteiger partial charge < -0.3 is 5.73 Å². The van der Waals surface area contributed by atoms with Gasteiger partial charge in [0.05, 0.1) is 11.4 Å². The van der Waals surface area contributed by atoms with Crippen molar-refractivity contribution in [1.29, 1.82) is 0 Å². The van der Waals surface area contributed by atoms with Crippen molar-refractivity contribution >= 4 is 33.0 Å². The molecule has 7 heteroatoms. The monoisotopic (exact) mass is 348 g/mol. The Hall–Kier alpha value is -1.14. The molecule has 0 bridgehead atoms. The molecule has 0 aliphatic carbocycles. The number of benzene rings is 2. The van der Waals surface area contributed by atoms with E-state index in [0.29, 0.717) is 5.02 Å². The van der Waals surface area contributed by atoms with Crippen LogP contribution in [0.25, 0.3) is 0 Å². The van der Waals surface area contributed by atoms with E-state index >= 15 is 0 Å². The van der Waals surface area contributed by atoms with Crippen molar-refractivity contribution in [2.24, 2.45) is 0 Å². The van der Waals surface area contributed by atoms with Crippen LogP contribution in [0.4, 0.5) is 4.39 Å². The van der Waals surface area contributed by atoms with Crippen LogP contribution < -0.4 is 5.73 Å². The Kier molecular flexibility index (Phi) is 4.88. The summed E-state index contributed by atoms with van der Waals surface area (Å²) in [4.78, 5) is 0.0554. The predicted molar refractivity (Wildman–Crippen MR) is 80.5 cm³/mol. The highest BCUT2D eigenvalue weighted by Gasteiger charge is 2.33. The van der Waals surface area contributed by atoms with Gasteiger partial charge in [0.15, 0.2) is 9.84 Å². The fourth-order valence-corrected chi connectivity index (χ4v) is 4.25. The number of quaternary nitrogens is 1. The van der Waals surface area contributed by atoms with Crippen LogP contribution in [0.3, 0.4) is 0 Å². The third-order valence-corrected chi connectivity index (χ3v) is 5.83. The van der Waals surface area contributed by atoms with Crippen LogP contribution in [0, 0.1) is 5.82 Å². The van der Waals surface area contributed by atoms with Crippen LogP contribution in [-0.2, 0) is 9.84 Å². The largest absolute Gasteiger partial charge is 0.356 e. The first-order valence-electron chi connectivity index (χ1n) is 6.10. The lowest BCUT2D eigenvalue weighted by Crippen LogP contribution is -2.54. The van der Waals surface area contributed by atoms with Crippen molar-refractivity contribution < 1.29 is 18.5 Å². The molecule has 0 aromatic heterocycles. The molecule has 0 saturated heterocycles. The van der Waals surface area contributed by atoms with Crippen LogP contribution in [0.5, 0.6) is 0 Å². The fraction of sp³-hybridized carbons (Fsp3) is 0.143. The highest BCUT2D eigenvalue weighted by atomic mass is 35.5. The molecule has 2 aromatic rings. The Morgan fingerprint density at radius 2 is 1.71 bits per heavy atom. The van der Waals surface area contributed by atoms with Crippen molar-refractivity contribution in [2.45, 2.75) is 10.1 Å². The van der Waals surface area contributed by atoms with Gasteiger partial charge in [0, 0.05) is 15.6 Å². The molecule has 21 heavy (non-hydrogen) atoms. The van der Waals surface area contributed by atoms with Crippen molar-refractivity contribution in [3.8, 4) is 0 Å². The summed E-state index contributed by atoms with van der Waals surface area (Å²) in [5.74, 6) is -0.659. The van der Waals surface area contributed by atoms with Crippen LogP contribution in [0.1, 0.15) is 10.8 Å². The molecule has 0 amide bonds. The van der Waals surface area contributed by atoms with Crippen LogP contribution in [-0.4, -0.2) is 15.0 Å².